The molecule has 1 heterocycles. The molecule has 0 radical (unpaired) electrons. The van der Waals surface area contributed by atoms with Crippen molar-refractivity contribution < 1.29 is 0 Å². The van der Waals surface area contributed by atoms with Gasteiger partial charge < -0.3 is 0 Å². The lowest BCUT2D eigenvalue weighted by Crippen LogP contribution is -2.32. The number of hydrogen-bond donors (Lipinski definition) is 0. The van der Waals surface area contributed by atoms with Crippen molar-refractivity contribution >= 4 is 28.9 Å². The Labute approximate surface area is 118 Å². The summed E-state index contributed by atoms with van der Waals surface area (Å²) >= 11 is 13.1. The van der Waals surface area contributed by atoms with Crippen LogP contribution >= 0.6 is 22.2 Å². The first kappa shape index (κ1) is 12.3. The van der Waals surface area contributed by atoms with Gasteiger partial charge in [-0.3, -0.25) is 0 Å². The third-order valence-corrected chi connectivity index (χ3v) is 7.22. The molecule has 0 aromatic heterocycles. The molecule has 0 saturated heterocycles. The molecule has 0 amide bonds. The first-order valence-corrected chi connectivity index (χ1v) is 10.6. The Morgan fingerprint density at radius 2 is 1.56 bits per heavy atom. The number of benzene rings is 2. The van der Waals surface area contributed by atoms with E-state index in [1.165, 1.54) is 16.7 Å². The highest BCUT2D eigenvalue weighted by atomic mass is 35.7. The molecule has 0 nitrogen and oxygen atoms in total. The summed E-state index contributed by atoms with van der Waals surface area (Å²) in [6.07, 6.45) is 0. The highest BCUT2D eigenvalue weighted by Crippen LogP contribution is 2.44. The first-order chi connectivity index (χ1) is 8.66. The molecule has 92 valence electrons. The van der Waals surface area contributed by atoms with E-state index in [1.807, 2.05) is 6.07 Å². The van der Waals surface area contributed by atoms with Crippen molar-refractivity contribution in [3.8, 4) is 0 Å². The summed E-state index contributed by atoms with van der Waals surface area (Å²) in [5, 5.41) is 0. The second kappa shape index (κ2) is 4.73. The van der Waals surface area contributed by atoms with Crippen LogP contribution in [0, 0.1) is 0 Å². The largest absolute Gasteiger partial charge is 0.256 e. The Morgan fingerprint density at radius 1 is 0.889 bits per heavy atom. The van der Waals surface area contributed by atoms with E-state index >= 15 is 0 Å². The minimum Gasteiger partial charge on any atom is -0.145 e. The van der Waals surface area contributed by atoms with Gasteiger partial charge in [0.05, 0.1) is 0 Å². The third kappa shape index (κ3) is 2.35. The first-order valence-electron chi connectivity index (χ1n) is 6.16. The van der Waals surface area contributed by atoms with Crippen LogP contribution in [-0.4, -0.2) is 6.69 Å². The van der Waals surface area contributed by atoms with E-state index in [9.17, 15) is 0 Å². The average molecular weight is 293 g/mol. The predicted molar refractivity (Wildman–Crippen MR) is 80.7 cm³/mol. The van der Waals surface area contributed by atoms with Crippen molar-refractivity contribution in [1.82, 2.24) is 0 Å². The van der Waals surface area contributed by atoms with E-state index in [-0.39, 0.29) is 0 Å². The summed E-state index contributed by atoms with van der Waals surface area (Å²) < 4.78 is 0. The summed E-state index contributed by atoms with van der Waals surface area (Å²) in [5.74, 6) is 0.359. The van der Waals surface area contributed by atoms with Crippen LogP contribution in [0.5, 0.6) is 0 Å². The minimum atomic E-state index is -2.14. The Balaban J connectivity index is 2.10. The molecule has 1 unspecified atom stereocenters. The minimum absolute atomic E-state index is 0.359. The van der Waals surface area contributed by atoms with E-state index in [2.05, 4.69) is 48.5 Å². The lowest BCUT2D eigenvalue weighted by molar-refractivity contribution is 0.866. The molecule has 1 atom stereocenters. The summed E-state index contributed by atoms with van der Waals surface area (Å²) in [7, 11) is 0. The van der Waals surface area contributed by atoms with E-state index in [1.54, 1.807) is 0 Å². The fourth-order valence-corrected chi connectivity index (χ4v) is 6.64. The fraction of sp³-hybridized carbons (Fsp3) is 0.200. The Kier molecular flexibility index (Phi) is 3.23. The zero-order valence-corrected chi connectivity index (χ0v) is 12.5. The van der Waals surface area contributed by atoms with Crippen LogP contribution in [0.2, 0.25) is 6.04 Å². The second-order valence-corrected chi connectivity index (χ2v) is 12.3. The molecule has 0 spiro atoms. The van der Waals surface area contributed by atoms with Gasteiger partial charge in [0.1, 0.15) is 0 Å². The standard InChI is InChI=1S/C15H14Cl2Si/c16-18(17)10-13-8-4-5-9-14(13)15(11-18)12-6-2-1-3-7-12/h1-9,15H,10-11H2. The van der Waals surface area contributed by atoms with Gasteiger partial charge in [-0.1, -0.05) is 54.6 Å². The summed E-state index contributed by atoms with van der Waals surface area (Å²) in [5.41, 5.74) is 4.05. The van der Waals surface area contributed by atoms with Crippen LogP contribution in [0.25, 0.3) is 0 Å². The third-order valence-electron chi connectivity index (χ3n) is 3.58. The molecule has 3 rings (SSSR count). The molecule has 3 heteroatoms. The van der Waals surface area contributed by atoms with E-state index in [0.717, 1.165) is 12.1 Å². The molecule has 2 aromatic carbocycles. The maximum atomic E-state index is 6.55. The number of halogens is 2. The van der Waals surface area contributed by atoms with Gasteiger partial charge in [0.25, 0.3) is 6.69 Å². The van der Waals surface area contributed by atoms with Crippen LogP contribution in [0.4, 0.5) is 0 Å². The Morgan fingerprint density at radius 3 is 2.33 bits per heavy atom. The quantitative estimate of drug-likeness (QED) is 0.521. The Bertz CT molecular complexity index is 551. The maximum absolute atomic E-state index is 6.55. The molecule has 0 N–H and O–H groups in total. The predicted octanol–water partition coefficient (Wildman–Crippen LogP) is 4.83. The van der Waals surface area contributed by atoms with Crippen LogP contribution in [-0.2, 0) is 6.04 Å². The monoisotopic (exact) mass is 292 g/mol. The topological polar surface area (TPSA) is 0 Å². The zero-order chi connectivity index (χ0) is 12.6. The van der Waals surface area contributed by atoms with E-state index < -0.39 is 6.69 Å². The lowest BCUT2D eigenvalue weighted by Gasteiger charge is -2.32. The van der Waals surface area contributed by atoms with Gasteiger partial charge in [0, 0.05) is 5.92 Å². The number of hydrogen-bond acceptors (Lipinski definition) is 0. The molecule has 18 heavy (non-hydrogen) atoms. The number of fused-ring (bicyclic) bond motifs is 1. The summed E-state index contributed by atoms with van der Waals surface area (Å²) in [6, 6.07) is 20.9. The van der Waals surface area contributed by atoms with Gasteiger partial charge in [-0.2, -0.15) is 0 Å². The normalized spacial score (nSPS) is 21.3. The highest BCUT2D eigenvalue weighted by molar-refractivity contribution is 7.45. The van der Waals surface area contributed by atoms with Crippen LogP contribution in [0.15, 0.2) is 54.6 Å². The van der Waals surface area contributed by atoms with Crippen molar-refractivity contribution in [3.63, 3.8) is 0 Å². The maximum Gasteiger partial charge on any atom is 0.256 e. The van der Waals surface area contributed by atoms with Crippen molar-refractivity contribution in [2.45, 2.75) is 18.0 Å². The molecule has 1 aliphatic heterocycles. The average Bonchev–Trinajstić information content (AvgIpc) is 2.38. The van der Waals surface area contributed by atoms with E-state index in [4.69, 9.17) is 22.2 Å². The zero-order valence-electron chi connectivity index (χ0n) is 9.94. The van der Waals surface area contributed by atoms with Gasteiger partial charge in [-0.25, -0.2) is 0 Å². The van der Waals surface area contributed by atoms with Crippen molar-refractivity contribution in [3.05, 3.63) is 71.3 Å². The summed E-state index contributed by atoms with van der Waals surface area (Å²) in [6.45, 7) is -2.14. The lowest BCUT2D eigenvalue weighted by atomic mass is 9.89. The van der Waals surface area contributed by atoms with Crippen LogP contribution in [0.1, 0.15) is 22.6 Å². The molecule has 0 aliphatic carbocycles. The van der Waals surface area contributed by atoms with Gasteiger partial charge >= 0.3 is 0 Å². The molecule has 2 aromatic rings. The Hall–Kier alpha value is -0.763. The molecular weight excluding hydrogens is 279 g/mol. The van der Waals surface area contributed by atoms with Gasteiger partial charge in [0.2, 0.25) is 0 Å². The van der Waals surface area contributed by atoms with Gasteiger partial charge in [-0.05, 0) is 28.8 Å². The molecular formula is C15H14Cl2Si. The molecule has 0 bridgehead atoms. The van der Waals surface area contributed by atoms with Gasteiger partial charge in [-0.15, -0.1) is 22.2 Å². The van der Waals surface area contributed by atoms with Crippen LogP contribution < -0.4 is 0 Å². The van der Waals surface area contributed by atoms with Crippen molar-refractivity contribution in [2.24, 2.45) is 0 Å². The smallest absolute Gasteiger partial charge is 0.145 e. The SMILES string of the molecule is Cl[Si]1(Cl)Cc2ccccc2C(c2ccccc2)C1. The van der Waals surface area contributed by atoms with Gasteiger partial charge in [0.15, 0.2) is 0 Å². The highest BCUT2D eigenvalue weighted by Gasteiger charge is 2.39. The number of rotatable bonds is 1. The molecule has 0 fully saturated rings. The molecule has 0 saturated carbocycles. The van der Waals surface area contributed by atoms with Crippen molar-refractivity contribution in [1.29, 1.82) is 0 Å². The summed E-state index contributed by atoms with van der Waals surface area (Å²) in [4.78, 5) is 0. The molecule has 1 aliphatic rings. The fourth-order valence-electron chi connectivity index (χ4n) is 2.78. The van der Waals surface area contributed by atoms with Crippen molar-refractivity contribution in [2.75, 3.05) is 0 Å². The second-order valence-electron chi connectivity index (χ2n) is 4.90. The van der Waals surface area contributed by atoms with Crippen LogP contribution in [0.3, 0.4) is 0 Å². The van der Waals surface area contributed by atoms with E-state index in [0.29, 0.717) is 5.92 Å².